The maximum atomic E-state index is 13.5. The molecule has 2 aliphatic heterocycles. The lowest BCUT2D eigenvalue weighted by atomic mass is 10.1. The van der Waals surface area contributed by atoms with Crippen molar-refractivity contribution in [2.75, 3.05) is 26.2 Å². The highest BCUT2D eigenvalue weighted by atomic mass is 16.2. The van der Waals surface area contributed by atoms with Gasteiger partial charge in [-0.3, -0.25) is 14.3 Å². The number of hydrogen-bond acceptors (Lipinski definition) is 4. The first-order chi connectivity index (χ1) is 13.1. The number of aromatic nitrogens is 3. The zero-order chi connectivity index (χ0) is 18.8. The Morgan fingerprint density at radius 1 is 1.04 bits per heavy atom. The summed E-state index contributed by atoms with van der Waals surface area (Å²) in [7, 11) is 0. The number of rotatable bonds is 3. The average molecular weight is 367 g/mol. The van der Waals surface area contributed by atoms with Gasteiger partial charge >= 0.3 is 0 Å². The largest absolute Gasteiger partial charge is 0.338 e. The second-order valence-electron chi connectivity index (χ2n) is 7.89. The lowest BCUT2D eigenvalue weighted by molar-refractivity contribution is -0.137. The van der Waals surface area contributed by atoms with Crippen LogP contribution in [0.15, 0.2) is 30.3 Å². The number of hydrogen-bond donors (Lipinski definition) is 0. The molecule has 0 N–H and O–H groups in total. The Balaban J connectivity index is 1.61. The van der Waals surface area contributed by atoms with Crippen molar-refractivity contribution in [3.05, 3.63) is 36.2 Å². The molecule has 1 amide bonds. The molecule has 1 saturated heterocycles. The summed E-state index contributed by atoms with van der Waals surface area (Å²) < 4.78 is 2.12. The van der Waals surface area contributed by atoms with Crippen LogP contribution < -0.4 is 0 Å². The third-order valence-corrected chi connectivity index (χ3v) is 5.88. The fourth-order valence-electron chi connectivity index (χ4n) is 4.26. The van der Waals surface area contributed by atoms with E-state index in [1.54, 1.807) is 0 Å². The van der Waals surface area contributed by atoms with E-state index in [2.05, 4.69) is 33.5 Å². The van der Waals surface area contributed by atoms with Gasteiger partial charge in [0.25, 0.3) is 0 Å². The first kappa shape index (κ1) is 18.2. The standard InChI is InChI=1S/C21H29N5O/c1-16(2)24-12-14-25(15-13-24)21(27)18-10-6-7-11-19-22-23-20(26(18)19)17-8-4-3-5-9-17/h3-5,8-9,16,18H,6-7,10-15H2,1-2H3/t18-/m0/s1. The van der Waals surface area contributed by atoms with E-state index in [1.807, 2.05) is 35.2 Å². The van der Waals surface area contributed by atoms with Crippen molar-refractivity contribution in [1.29, 1.82) is 0 Å². The number of amides is 1. The summed E-state index contributed by atoms with van der Waals surface area (Å²) in [4.78, 5) is 17.9. The van der Waals surface area contributed by atoms with Gasteiger partial charge in [0, 0.05) is 44.2 Å². The van der Waals surface area contributed by atoms with E-state index in [1.165, 1.54) is 0 Å². The van der Waals surface area contributed by atoms with Gasteiger partial charge in [0.05, 0.1) is 0 Å². The molecule has 1 aromatic heterocycles. The minimum absolute atomic E-state index is 0.182. The summed E-state index contributed by atoms with van der Waals surface area (Å²) in [6.07, 6.45) is 3.89. The van der Waals surface area contributed by atoms with Crippen molar-refractivity contribution >= 4 is 5.91 Å². The summed E-state index contributed by atoms with van der Waals surface area (Å²) in [5.74, 6) is 2.01. The van der Waals surface area contributed by atoms with Crippen LogP contribution >= 0.6 is 0 Å². The van der Waals surface area contributed by atoms with Gasteiger partial charge in [-0.1, -0.05) is 36.8 Å². The zero-order valence-corrected chi connectivity index (χ0v) is 16.3. The minimum Gasteiger partial charge on any atom is -0.338 e. The molecule has 3 heterocycles. The van der Waals surface area contributed by atoms with E-state index in [4.69, 9.17) is 0 Å². The van der Waals surface area contributed by atoms with Gasteiger partial charge in [0.2, 0.25) is 5.91 Å². The van der Waals surface area contributed by atoms with E-state index in [9.17, 15) is 4.79 Å². The Hall–Kier alpha value is -2.21. The topological polar surface area (TPSA) is 54.3 Å². The van der Waals surface area contributed by atoms with E-state index in [0.717, 1.165) is 69.1 Å². The number of carbonyl (C=O) groups excluding carboxylic acids is 1. The first-order valence-electron chi connectivity index (χ1n) is 10.2. The highest BCUT2D eigenvalue weighted by Crippen LogP contribution is 2.31. The lowest BCUT2D eigenvalue weighted by Gasteiger charge is -2.38. The van der Waals surface area contributed by atoms with Gasteiger partial charge in [-0.2, -0.15) is 0 Å². The van der Waals surface area contributed by atoms with E-state index in [0.29, 0.717) is 6.04 Å². The second-order valence-corrected chi connectivity index (χ2v) is 7.89. The fraction of sp³-hybridized carbons (Fsp3) is 0.571. The van der Waals surface area contributed by atoms with Crippen LogP contribution in [0, 0.1) is 0 Å². The normalized spacial score (nSPS) is 21.1. The Morgan fingerprint density at radius 2 is 1.78 bits per heavy atom. The molecule has 0 spiro atoms. The van der Waals surface area contributed by atoms with Crippen LogP contribution in [-0.2, 0) is 11.2 Å². The molecule has 0 bridgehead atoms. The molecular weight excluding hydrogens is 338 g/mol. The Bertz CT molecular complexity index is 777. The van der Waals surface area contributed by atoms with Crippen molar-refractivity contribution in [3.8, 4) is 11.4 Å². The van der Waals surface area contributed by atoms with Crippen LogP contribution in [0.3, 0.4) is 0 Å². The monoisotopic (exact) mass is 367 g/mol. The summed E-state index contributed by atoms with van der Waals surface area (Å²) >= 11 is 0. The minimum atomic E-state index is -0.182. The number of nitrogens with zero attached hydrogens (tertiary/aromatic N) is 5. The first-order valence-corrected chi connectivity index (χ1v) is 10.2. The molecule has 27 heavy (non-hydrogen) atoms. The summed E-state index contributed by atoms with van der Waals surface area (Å²) in [6.45, 7) is 7.97. The van der Waals surface area contributed by atoms with Crippen LogP contribution in [0.4, 0.5) is 0 Å². The van der Waals surface area contributed by atoms with Crippen molar-refractivity contribution < 1.29 is 4.79 Å². The van der Waals surface area contributed by atoms with Crippen molar-refractivity contribution in [2.45, 2.75) is 51.6 Å². The Kier molecular flexibility index (Phi) is 5.25. The molecule has 0 aliphatic carbocycles. The van der Waals surface area contributed by atoms with Crippen LogP contribution in [0.1, 0.15) is 45.0 Å². The maximum Gasteiger partial charge on any atom is 0.245 e. The molecule has 1 aromatic carbocycles. The number of benzene rings is 1. The predicted octanol–water partition coefficient (Wildman–Crippen LogP) is 2.77. The number of fused-ring (bicyclic) bond motifs is 1. The van der Waals surface area contributed by atoms with Gasteiger partial charge in [-0.25, -0.2) is 0 Å². The summed E-state index contributed by atoms with van der Waals surface area (Å²) in [5.41, 5.74) is 1.03. The molecule has 6 nitrogen and oxygen atoms in total. The molecule has 2 aromatic rings. The van der Waals surface area contributed by atoms with Gasteiger partial charge in [-0.05, 0) is 26.7 Å². The number of aryl methyl sites for hydroxylation is 1. The van der Waals surface area contributed by atoms with Crippen LogP contribution in [0.2, 0.25) is 0 Å². The molecule has 6 heteroatoms. The number of carbonyl (C=O) groups is 1. The second kappa shape index (κ2) is 7.80. The Morgan fingerprint density at radius 3 is 2.48 bits per heavy atom. The molecule has 0 radical (unpaired) electrons. The molecule has 0 unspecified atom stereocenters. The van der Waals surface area contributed by atoms with E-state index in [-0.39, 0.29) is 11.9 Å². The summed E-state index contributed by atoms with van der Waals surface area (Å²) in [5, 5.41) is 8.90. The van der Waals surface area contributed by atoms with Crippen molar-refractivity contribution in [2.24, 2.45) is 0 Å². The molecule has 0 saturated carbocycles. The highest BCUT2D eigenvalue weighted by Gasteiger charge is 2.33. The third kappa shape index (κ3) is 3.63. The number of piperazine rings is 1. The molecule has 2 aliphatic rings. The summed E-state index contributed by atoms with van der Waals surface area (Å²) in [6, 6.07) is 10.5. The quantitative estimate of drug-likeness (QED) is 0.837. The van der Waals surface area contributed by atoms with Crippen molar-refractivity contribution in [3.63, 3.8) is 0 Å². The molecular formula is C21H29N5O. The molecule has 1 atom stereocenters. The smallest absolute Gasteiger partial charge is 0.245 e. The average Bonchev–Trinajstić information content (AvgIpc) is 3.01. The maximum absolute atomic E-state index is 13.5. The van der Waals surface area contributed by atoms with Crippen LogP contribution in [0.25, 0.3) is 11.4 Å². The van der Waals surface area contributed by atoms with Gasteiger partial charge < -0.3 is 4.90 Å². The van der Waals surface area contributed by atoms with Crippen LogP contribution in [-0.4, -0.2) is 62.7 Å². The molecule has 1 fully saturated rings. The van der Waals surface area contributed by atoms with Gasteiger partial charge in [-0.15, -0.1) is 10.2 Å². The molecule has 4 rings (SSSR count). The predicted molar refractivity (Wildman–Crippen MR) is 105 cm³/mol. The van der Waals surface area contributed by atoms with Crippen LogP contribution in [0.5, 0.6) is 0 Å². The third-order valence-electron chi connectivity index (χ3n) is 5.88. The van der Waals surface area contributed by atoms with Crippen molar-refractivity contribution in [1.82, 2.24) is 24.6 Å². The fourth-order valence-corrected chi connectivity index (χ4v) is 4.26. The van der Waals surface area contributed by atoms with E-state index < -0.39 is 0 Å². The van der Waals surface area contributed by atoms with Gasteiger partial charge in [0.15, 0.2) is 5.82 Å². The molecule has 144 valence electrons. The Labute approximate surface area is 161 Å². The lowest BCUT2D eigenvalue weighted by Crippen LogP contribution is -2.52. The zero-order valence-electron chi connectivity index (χ0n) is 16.3. The van der Waals surface area contributed by atoms with Gasteiger partial charge in [0.1, 0.15) is 11.9 Å². The van der Waals surface area contributed by atoms with E-state index >= 15 is 0 Å². The highest BCUT2D eigenvalue weighted by molar-refractivity contribution is 5.81. The SMILES string of the molecule is CC(C)N1CCN(C(=O)[C@@H]2CCCCc3nnc(-c4ccccc4)n32)CC1.